The standard InChI is InChI=1S/C19H18ClNO3/c1-13-7-3-4-8-15(13)11-12-18(22)24-14(2)19(23)21-17-10-6-5-9-16(17)20/h3-12,14H,1-2H3,(H,21,23)/b12-11+/t14-/m1/s1. The molecule has 5 heteroatoms. The van der Waals surface area contributed by atoms with Gasteiger partial charge in [-0.3, -0.25) is 4.79 Å². The van der Waals surface area contributed by atoms with E-state index in [1.54, 1.807) is 30.3 Å². The number of aryl methyl sites for hydroxylation is 1. The molecule has 1 amide bonds. The second kappa shape index (κ2) is 8.31. The van der Waals surface area contributed by atoms with Gasteiger partial charge in [-0.2, -0.15) is 0 Å². The number of amides is 1. The van der Waals surface area contributed by atoms with Gasteiger partial charge < -0.3 is 10.1 Å². The van der Waals surface area contributed by atoms with Crippen LogP contribution in [0.3, 0.4) is 0 Å². The molecule has 0 aliphatic rings. The molecule has 0 saturated heterocycles. The lowest BCUT2D eigenvalue weighted by Crippen LogP contribution is -2.29. The van der Waals surface area contributed by atoms with Crippen molar-refractivity contribution in [3.8, 4) is 0 Å². The third kappa shape index (κ3) is 4.96. The molecule has 4 nitrogen and oxygen atoms in total. The van der Waals surface area contributed by atoms with E-state index in [4.69, 9.17) is 16.3 Å². The number of hydrogen-bond acceptors (Lipinski definition) is 3. The smallest absolute Gasteiger partial charge is 0.331 e. The molecular formula is C19H18ClNO3. The number of ether oxygens (including phenoxy) is 1. The Morgan fingerprint density at radius 2 is 1.79 bits per heavy atom. The predicted molar refractivity (Wildman–Crippen MR) is 95.8 cm³/mol. The first-order valence-corrected chi connectivity index (χ1v) is 7.85. The molecule has 2 rings (SSSR count). The molecule has 0 radical (unpaired) electrons. The van der Waals surface area contributed by atoms with Crippen LogP contribution in [0.5, 0.6) is 0 Å². The summed E-state index contributed by atoms with van der Waals surface area (Å²) >= 11 is 5.98. The van der Waals surface area contributed by atoms with Crippen LogP contribution in [0.25, 0.3) is 6.08 Å². The summed E-state index contributed by atoms with van der Waals surface area (Å²) in [7, 11) is 0. The number of halogens is 1. The van der Waals surface area contributed by atoms with Crippen molar-refractivity contribution in [2.24, 2.45) is 0 Å². The molecule has 124 valence electrons. The Balaban J connectivity index is 1.92. The number of carbonyl (C=O) groups is 2. The van der Waals surface area contributed by atoms with Crippen LogP contribution in [0.15, 0.2) is 54.6 Å². The second-order valence-electron chi connectivity index (χ2n) is 5.24. The zero-order valence-electron chi connectivity index (χ0n) is 13.5. The van der Waals surface area contributed by atoms with Crippen molar-refractivity contribution in [3.63, 3.8) is 0 Å². The minimum Gasteiger partial charge on any atom is -0.449 e. The summed E-state index contributed by atoms with van der Waals surface area (Å²) in [6, 6.07) is 14.5. The van der Waals surface area contributed by atoms with Gasteiger partial charge in [0.2, 0.25) is 0 Å². The van der Waals surface area contributed by atoms with Crippen LogP contribution in [0.2, 0.25) is 5.02 Å². The number of carbonyl (C=O) groups excluding carboxylic acids is 2. The third-order valence-corrected chi connectivity index (χ3v) is 3.71. The van der Waals surface area contributed by atoms with Crippen LogP contribution in [0, 0.1) is 6.92 Å². The van der Waals surface area contributed by atoms with E-state index in [0.29, 0.717) is 10.7 Å². The molecule has 2 aromatic carbocycles. The highest BCUT2D eigenvalue weighted by molar-refractivity contribution is 6.33. The van der Waals surface area contributed by atoms with Crippen LogP contribution in [0.1, 0.15) is 18.1 Å². The van der Waals surface area contributed by atoms with Gasteiger partial charge in [-0.05, 0) is 43.2 Å². The zero-order chi connectivity index (χ0) is 17.5. The number of hydrogen-bond donors (Lipinski definition) is 1. The summed E-state index contributed by atoms with van der Waals surface area (Å²) in [6.07, 6.45) is 2.04. The monoisotopic (exact) mass is 343 g/mol. The molecule has 0 bridgehead atoms. The number of esters is 1. The van der Waals surface area contributed by atoms with E-state index in [1.807, 2.05) is 31.2 Å². The lowest BCUT2D eigenvalue weighted by molar-refractivity contribution is -0.148. The Morgan fingerprint density at radius 3 is 2.50 bits per heavy atom. The van der Waals surface area contributed by atoms with Gasteiger partial charge in [0.25, 0.3) is 5.91 Å². The number of nitrogens with one attached hydrogen (secondary N) is 1. The van der Waals surface area contributed by atoms with Crippen molar-refractivity contribution >= 4 is 35.2 Å². The van der Waals surface area contributed by atoms with E-state index >= 15 is 0 Å². The number of benzene rings is 2. The van der Waals surface area contributed by atoms with Crippen molar-refractivity contribution in [2.75, 3.05) is 5.32 Å². The van der Waals surface area contributed by atoms with Crippen LogP contribution in [-0.4, -0.2) is 18.0 Å². The van der Waals surface area contributed by atoms with Crippen molar-refractivity contribution in [2.45, 2.75) is 20.0 Å². The molecule has 0 fully saturated rings. The average molecular weight is 344 g/mol. The lowest BCUT2D eigenvalue weighted by Gasteiger charge is -2.13. The van der Waals surface area contributed by atoms with Crippen molar-refractivity contribution in [1.29, 1.82) is 0 Å². The first kappa shape index (κ1) is 17.8. The minimum absolute atomic E-state index is 0.420. The fourth-order valence-electron chi connectivity index (χ4n) is 2.00. The van der Waals surface area contributed by atoms with Gasteiger partial charge in [0, 0.05) is 6.08 Å². The van der Waals surface area contributed by atoms with Crippen LogP contribution in [-0.2, 0) is 14.3 Å². The molecule has 2 aromatic rings. The van der Waals surface area contributed by atoms with Gasteiger partial charge in [-0.15, -0.1) is 0 Å². The first-order chi connectivity index (χ1) is 11.5. The normalized spacial score (nSPS) is 12.0. The SMILES string of the molecule is Cc1ccccc1/C=C/C(=O)O[C@H](C)C(=O)Nc1ccccc1Cl. The largest absolute Gasteiger partial charge is 0.449 e. The summed E-state index contributed by atoms with van der Waals surface area (Å²) in [5.41, 5.74) is 2.44. The highest BCUT2D eigenvalue weighted by atomic mass is 35.5. The predicted octanol–water partition coefficient (Wildman–Crippen LogP) is 4.23. The number of anilines is 1. The summed E-state index contributed by atoms with van der Waals surface area (Å²) in [4.78, 5) is 23.9. The van der Waals surface area contributed by atoms with Gasteiger partial charge in [-0.25, -0.2) is 4.79 Å². The molecule has 0 aromatic heterocycles. The maximum Gasteiger partial charge on any atom is 0.331 e. The Hall–Kier alpha value is -2.59. The average Bonchev–Trinajstić information content (AvgIpc) is 2.56. The van der Waals surface area contributed by atoms with Gasteiger partial charge in [0.1, 0.15) is 0 Å². The summed E-state index contributed by atoms with van der Waals surface area (Å²) in [5.74, 6) is -1.03. The summed E-state index contributed by atoms with van der Waals surface area (Å²) in [5, 5.41) is 3.05. The molecule has 0 saturated carbocycles. The van der Waals surface area contributed by atoms with E-state index in [0.717, 1.165) is 11.1 Å². The summed E-state index contributed by atoms with van der Waals surface area (Å²) < 4.78 is 5.10. The Morgan fingerprint density at radius 1 is 1.12 bits per heavy atom. The molecule has 0 spiro atoms. The maximum atomic E-state index is 12.1. The molecule has 1 N–H and O–H groups in total. The highest BCUT2D eigenvalue weighted by Crippen LogP contribution is 2.20. The number of para-hydroxylation sites is 1. The maximum absolute atomic E-state index is 12.1. The molecule has 1 atom stereocenters. The van der Waals surface area contributed by atoms with Crippen LogP contribution < -0.4 is 5.32 Å². The van der Waals surface area contributed by atoms with E-state index < -0.39 is 18.0 Å². The Kier molecular flexibility index (Phi) is 6.15. The molecule has 0 aliphatic heterocycles. The van der Waals surface area contributed by atoms with E-state index in [2.05, 4.69) is 5.32 Å². The Labute approximate surface area is 146 Å². The first-order valence-electron chi connectivity index (χ1n) is 7.47. The van der Waals surface area contributed by atoms with Crippen LogP contribution >= 0.6 is 11.6 Å². The molecule has 0 unspecified atom stereocenters. The van der Waals surface area contributed by atoms with Crippen molar-refractivity contribution in [3.05, 3.63) is 70.8 Å². The van der Waals surface area contributed by atoms with E-state index in [9.17, 15) is 9.59 Å². The highest BCUT2D eigenvalue weighted by Gasteiger charge is 2.17. The fraction of sp³-hybridized carbons (Fsp3) is 0.158. The van der Waals surface area contributed by atoms with E-state index in [-0.39, 0.29) is 0 Å². The van der Waals surface area contributed by atoms with Crippen LogP contribution in [0.4, 0.5) is 5.69 Å². The lowest BCUT2D eigenvalue weighted by atomic mass is 10.1. The second-order valence-corrected chi connectivity index (χ2v) is 5.65. The Bertz CT molecular complexity index is 771. The third-order valence-electron chi connectivity index (χ3n) is 3.38. The topological polar surface area (TPSA) is 55.4 Å². The van der Waals surface area contributed by atoms with Gasteiger partial charge in [-0.1, -0.05) is 48.0 Å². The van der Waals surface area contributed by atoms with Crippen molar-refractivity contribution in [1.82, 2.24) is 0 Å². The van der Waals surface area contributed by atoms with Gasteiger partial charge >= 0.3 is 5.97 Å². The molecule has 0 aliphatic carbocycles. The molecule has 24 heavy (non-hydrogen) atoms. The quantitative estimate of drug-likeness (QED) is 0.652. The van der Waals surface area contributed by atoms with Gasteiger partial charge in [0.15, 0.2) is 6.10 Å². The number of rotatable bonds is 5. The minimum atomic E-state index is -0.935. The molecular weight excluding hydrogens is 326 g/mol. The van der Waals surface area contributed by atoms with Crippen molar-refractivity contribution < 1.29 is 14.3 Å². The van der Waals surface area contributed by atoms with E-state index in [1.165, 1.54) is 13.0 Å². The van der Waals surface area contributed by atoms with Gasteiger partial charge in [0.05, 0.1) is 10.7 Å². The zero-order valence-corrected chi connectivity index (χ0v) is 14.2. The molecule has 0 heterocycles. The summed E-state index contributed by atoms with van der Waals surface area (Å²) in [6.45, 7) is 3.45. The fourth-order valence-corrected chi connectivity index (χ4v) is 2.18.